The fraction of sp³-hybridized carbons (Fsp3) is 0.667. The molecular formula is C9H12BrI3O2. The Morgan fingerprint density at radius 3 is 2.33 bits per heavy atom. The van der Waals surface area contributed by atoms with Crippen molar-refractivity contribution in [2.75, 3.05) is 11.9 Å². The molecule has 0 aromatic carbocycles. The monoisotopic (exact) mass is 612 g/mol. The molecule has 88 valence electrons. The summed E-state index contributed by atoms with van der Waals surface area (Å²) >= 11 is 9.99. The zero-order chi connectivity index (χ0) is 11.7. The zero-order valence-corrected chi connectivity index (χ0v) is 16.1. The Bertz CT molecular complexity index is 227. The Kier molecular flexibility index (Phi) is 12.4. The second kappa shape index (κ2) is 11.0. The molecule has 0 saturated heterocycles. The van der Waals surface area contributed by atoms with Crippen molar-refractivity contribution in [3.8, 4) is 0 Å². The third kappa shape index (κ3) is 10.7. The number of alkyl halides is 1. The van der Waals surface area contributed by atoms with Crippen LogP contribution >= 0.6 is 83.7 Å². The molecule has 0 aliphatic carbocycles. The summed E-state index contributed by atoms with van der Waals surface area (Å²) in [7, 11) is 0. The molecule has 0 bridgehead atoms. The van der Waals surface area contributed by atoms with Gasteiger partial charge in [0.1, 0.15) is 6.61 Å². The summed E-state index contributed by atoms with van der Waals surface area (Å²) in [5, 5.41) is 1.01. The minimum Gasteiger partial charge on any atom is -0.460 e. The van der Waals surface area contributed by atoms with Gasteiger partial charge < -0.3 is 4.74 Å². The van der Waals surface area contributed by atoms with Crippen LogP contribution in [0.4, 0.5) is 0 Å². The topological polar surface area (TPSA) is 26.3 Å². The molecule has 0 aromatic rings. The van der Waals surface area contributed by atoms with Gasteiger partial charge in [0, 0.05) is 15.3 Å². The highest BCUT2D eigenvalue weighted by atomic mass is 127. The molecule has 0 rings (SSSR count). The van der Waals surface area contributed by atoms with Crippen LogP contribution in [0.2, 0.25) is 0 Å². The third-order valence-electron chi connectivity index (χ3n) is 1.58. The molecule has 0 aliphatic heterocycles. The van der Waals surface area contributed by atoms with Crippen molar-refractivity contribution < 1.29 is 9.53 Å². The van der Waals surface area contributed by atoms with Gasteiger partial charge in [-0.2, -0.15) is 0 Å². The van der Waals surface area contributed by atoms with Crippen molar-refractivity contribution in [3.63, 3.8) is 0 Å². The summed E-state index contributed by atoms with van der Waals surface area (Å²) < 4.78 is 7.36. The first-order chi connectivity index (χ1) is 7.07. The molecule has 0 amide bonds. The summed E-state index contributed by atoms with van der Waals surface area (Å²) in [5.41, 5.74) is 0. The largest absolute Gasteiger partial charge is 0.460 e. The lowest BCUT2D eigenvalue weighted by Crippen LogP contribution is -2.05. The molecule has 0 atom stereocenters. The molecule has 15 heavy (non-hydrogen) atoms. The van der Waals surface area contributed by atoms with Crippen LogP contribution in [-0.4, -0.2) is 17.9 Å². The maximum Gasteiger partial charge on any atom is 0.306 e. The first kappa shape index (κ1) is 16.9. The van der Waals surface area contributed by atoms with Crippen molar-refractivity contribution in [3.05, 3.63) is 5.17 Å². The van der Waals surface area contributed by atoms with Gasteiger partial charge in [-0.3, -0.25) is 4.79 Å². The zero-order valence-electron chi connectivity index (χ0n) is 8.07. The predicted octanol–water partition coefficient (Wildman–Crippen LogP) is 4.96. The molecule has 0 N–H and O–H groups in total. The van der Waals surface area contributed by atoms with Gasteiger partial charge in [-0.05, 0) is 80.6 Å². The Balaban J connectivity index is 3.54. The SMILES string of the molecule is O=C(CCCCCBr)OCC(I)=C(I)I. The Morgan fingerprint density at radius 2 is 1.80 bits per heavy atom. The average Bonchev–Trinajstić information content (AvgIpc) is 2.20. The minimum atomic E-state index is -0.0900. The van der Waals surface area contributed by atoms with Gasteiger partial charge in [0.15, 0.2) is 0 Å². The maximum absolute atomic E-state index is 11.3. The molecule has 0 spiro atoms. The van der Waals surface area contributed by atoms with Gasteiger partial charge in [0.2, 0.25) is 0 Å². The molecule has 0 aliphatic rings. The van der Waals surface area contributed by atoms with E-state index in [-0.39, 0.29) is 5.97 Å². The Labute approximate surface area is 140 Å². The van der Waals surface area contributed by atoms with Crippen molar-refractivity contribution >= 4 is 89.7 Å². The molecule has 0 saturated carbocycles. The van der Waals surface area contributed by atoms with Crippen LogP contribution in [0, 0.1) is 0 Å². The smallest absolute Gasteiger partial charge is 0.306 e. The number of carbonyl (C=O) groups is 1. The number of halogens is 4. The van der Waals surface area contributed by atoms with E-state index in [4.69, 9.17) is 4.74 Å². The van der Waals surface area contributed by atoms with Crippen LogP contribution in [0.5, 0.6) is 0 Å². The van der Waals surface area contributed by atoms with Crippen LogP contribution < -0.4 is 0 Å². The van der Waals surface area contributed by atoms with Gasteiger partial charge in [0.25, 0.3) is 0 Å². The maximum atomic E-state index is 11.3. The van der Waals surface area contributed by atoms with E-state index in [2.05, 4.69) is 83.7 Å². The molecule has 6 heteroatoms. The van der Waals surface area contributed by atoms with E-state index >= 15 is 0 Å². The highest BCUT2D eigenvalue weighted by Crippen LogP contribution is 2.25. The number of unbranched alkanes of at least 4 members (excludes halogenated alkanes) is 2. The van der Waals surface area contributed by atoms with E-state index in [1.54, 1.807) is 0 Å². The van der Waals surface area contributed by atoms with Crippen molar-refractivity contribution in [2.24, 2.45) is 0 Å². The van der Waals surface area contributed by atoms with Crippen LogP contribution in [-0.2, 0) is 9.53 Å². The highest BCUT2D eigenvalue weighted by Gasteiger charge is 2.04. The second-order valence-electron chi connectivity index (χ2n) is 2.83. The Hall–Kier alpha value is 1.88. The summed E-state index contributed by atoms with van der Waals surface area (Å²) in [6.45, 7) is 0.416. The molecule has 2 nitrogen and oxygen atoms in total. The number of carbonyl (C=O) groups excluding carboxylic acids is 1. The van der Waals surface area contributed by atoms with Gasteiger partial charge in [-0.15, -0.1) is 0 Å². The molecule has 0 radical (unpaired) electrons. The van der Waals surface area contributed by atoms with E-state index < -0.39 is 0 Å². The summed E-state index contributed by atoms with van der Waals surface area (Å²) in [6.07, 6.45) is 3.66. The van der Waals surface area contributed by atoms with Gasteiger partial charge in [-0.1, -0.05) is 22.4 Å². The van der Waals surface area contributed by atoms with Crippen molar-refractivity contribution in [1.29, 1.82) is 0 Å². The third-order valence-corrected chi connectivity index (χ3v) is 6.36. The summed E-state index contributed by atoms with van der Waals surface area (Å²) in [4.78, 5) is 11.3. The van der Waals surface area contributed by atoms with Crippen LogP contribution in [0.15, 0.2) is 5.17 Å². The lowest BCUT2D eigenvalue weighted by molar-refractivity contribution is -0.142. The quantitative estimate of drug-likeness (QED) is 0.176. The van der Waals surface area contributed by atoms with Crippen LogP contribution in [0.3, 0.4) is 0 Å². The van der Waals surface area contributed by atoms with E-state index in [0.717, 1.165) is 29.8 Å². The normalized spacial score (nSPS) is 9.87. The minimum absolute atomic E-state index is 0.0900. The van der Waals surface area contributed by atoms with Crippen LogP contribution in [0.1, 0.15) is 25.7 Å². The van der Waals surface area contributed by atoms with Crippen molar-refractivity contribution in [2.45, 2.75) is 25.7 Å². The lowest BCUT2D eigenvalue weighted by Gasteiger charge is -2.04. The number of ether oxygens (including phenoxy) is 1. The van der Waals surface area contributed by atoms with E-state index in [1.807, 2.05) is 0 Å². The molecule has 0 fully saturated rings. The summed E-state index contributed by atoms with van der Waals surface area (Å²) in [6, 6.07) is 0. The first-order valence-electron chi connectivity index (χ1n) is 4.49. The Morgan fingerprint density at radius 1 is 1.13 bits per heavy atom. The molecule has 0 heterocycles. The number of hydrogen-bond acceptors (Lipinski definition) is 2. The van der Waals surface area contributed by atoms with E-state index in [0.29, 0.717) is 13.0 Å². The van der Waals surface area contributed by atoms with E-state index in [9.17, 15) is 4.79 Å². The highest BCUT2D eigenvalue weighted by molar-refractivity contribution is 14.2. The number of rotatable bonds is 7. The fourth-order valence-corrected chi connectivity index (χ4v) is 1.67. The molecular weight excluding hydrogens is 601 g/mol. The van der Waals surface area contributed by atoms with Gasteiger partial charge >= 0.3 is 5.97 Å². The van der Waals surface area contributed by atoms with Crippen molar-refractivity contribution in [1.82, 2.24) is 0 Å². The van der Waals surface area contributed by atoms with Crippen LogP contribution in [0.25, 0.3) is 0 Å². The number of esters is 1. The summed E-state index contributed by atoms with van der Waals surface area (Å²) in [5.74, 6) is -0.0900. The molecule has 0 unspecified atom stereocenters. The van der Waals surface area contributed by atoms with E-state index in [1.165, 1.54) is 0 Å². The van der Waals surface area contributed by atoms with Gasteiger partial charge in [-0.25, -0.2) is 0 Å². The molecule has 0 aromatic heterocycles. The second-order valence-corrected chi connectivity index (χ2v) is 9.14. The van der Waals surface area contributed by atoms with Gasteiger partial charge in [0.05, 0.1) is 1.59 Å². The fourth-order valence-electron chi connectivity index (χ4n) is 0.811. The average molecular weight is 613 g/mol. The number of hydrogen-bond donors (Lipinski definition) is 0. The standard InChI is InChI=1S/C9H12BrI3O2/c10-5-3-1-2-4-8(14)15-6-7(11)9(12)13/h1-6H2. The lowest BCUT2D eigenvalue weighted by atomic mass is 10.2. The predicted molar refractivity (Wildman–Crippen MR) is 92.3 cm³/mol. The first-order valence-corrected chi connectivity index (χ1v) is 8.85.